The topological polar surface area (TPSA) is 51.2 Å². The minimum absolute atomic E-state index is 0.0138. The van der Waals surface area contributed by atoms with E-state index in [2.05, 4.69) is 25.3 Å². The van der Waals surface area contributed by atoms with Crippen LogP contribution in [0.15, 0.2) is 18.3 Å². The summed E-state index contributed by atoms with van der Waals surface area (Å²) in [7, 11) is 0. The lowest BCUT2D eigenvalue weighted by atomic mass is 10.1. The Bertz CT molecular complexity index is 273. The van der Waals surface area contributed by atoms with Gasteiger partial charge < -0.3 is 15.4 Å². The Labute approximate surface area is 79.2 Å². The van der Waals surface area contributed by atoms with Crippen molar-refractivity contribution in [2.24, 2.45) is 5.73 Å². The molecule has 0 bridgehead atoms. The number of nitrogens with zero attached hydrogens (tertiary/aromatic N) is 1. The molecule has 0 saturated heterocycles. The molecule has 0 amide bonds. The molecular weight excluding hydrogens is 164 g/mol. The molecule has 1 atom stereocenters. The molecule has 0 spiro atoms. The van der Waals surface area contributed by atoms with Crippen molar-refractivity contribution in [3.8, 4) is 0 Å². The van der Waals surface area contributed by atoms with Crippen LogP contribution < -0.4 is 5.73 Å². The van der Waals surface area contributed by atoms with Crippen molar-refractivity contribution in [2.75, 3.05) is 6.61 Å². The van der Waals surface area contributed by atoms with Crippen LogP contribution >= 0.6 is 0 Å². The van der Waals surface area contributed by atoms with E-state index in [1.54, 1.807) is 0 Å². The minimum Gasteiger partial charge on any atom is -0.394 e. The maximum absolute atomic E-state index is 8.96. The monoisotopic (exact) mass is 182 g/mol. The fourth-order valence-corrected chi connectivity index (χ4v) is 1.40. The number of nitrogens with two attached hydrogens (primary N) is 1. The maximum Gasteiger partial charge on any atom is 0.0684 e. The SMILES string of the molecule is CC(C)(C)n1cccc1[C@@H](N)CO. The summed E-state index contributed by atoms with van der Waals surface area (Å²) in [5.41, 5.74) is 6.77. The van der Waals surface area contributed by atoms with E-state index < -0.39 is 0 Å². The van der Waals surface area contributed by atoms with Gasteiger partial charge in [-0.2, -0.15) is 0 Å². The molecule has 1 aromatic rings. The number of hydrogen-bond acceptors (Lipinski definition) is 2. The van der Waals surface area contributed by atoms with E-state index >= 15 is 0 Å². The van der Waals surface area contributed by atoms with Crippen molar-refractivity contribution >= 4 is 0 Å². The van der Waals surface area contributed by atoms with Gasteiger partial charge in [0.1, 0.15) is 0 Å². The van der Waals surface area contributed by atoms with Gasteiger partial charge in [-0.3, -0.25) is 0 Å². The predicted octanol–water partition coefficient (Wildman–Crippen LogP) is 1.24. The molecule has 0 fully saturated rings. The number of aliphatic hydroxyl groups is 1. The maximum atomic E-state index is 8.96. The van der Waals surface area contributed by atoms with Gasteiger partial charge >= 0.3 is 0 Å². The second-order valence-corrected chi connectivity index (χ2v) is 4.26. The molecule has 1 rings (SSSR count). The first-order chi connectivity index (χ1) is 5.96. The Kier molecular flexibility index (Phi) is 2.78. The molecule has 1 aromatic heterocycles. The summed E-state index contributed by atoms with van der Waals surface area (Å²) in [4.78, 5) is 0. The van der Waals surface area contributed by atoms with Gasteiger partial charge in [-0.25, -0.2) is 0 Å². The Balaban J connectivity index is 3.03. The lowest BCUT2D eigenvalue weighted by Gasteiger charge is -2.26. The van der Waals surface area contributed by atoms with Crippen molar-refractivity contribution in [1.82, 2.24) is 4.57 Å². The summed E-state index contributed by atoms with van der Waals surface area (Å²) in [6, 6.07) is 3.62. The molecule has 3 nitrogen and oxygen atoms in total. The number of hydrogen-bond donors (Lipinski definition) is 2. The Morgan fingerprint density at radius 1 is 1.54 bits per heavy atom. The van der Waals surface area contributed by atoms with E-state index in [4.69, 9.17) is 10.8 Å². The van der Waals surface area contributed by atoms with Gasteiger partial charge in [-0.15, -0.1) is 0 Å². The first-order valence-corrected chi connectivity index (χ1v) is 4.51. The lowest BCUT2D eigenvalue weighted by Crippen LogP contribution is -2.27. The molecule has 3 N–H and O–H groups in total. The second-order valence-electron chi connectivity index (χ2n) is 4.26. The summed E-state index contributed by atoms with van der Waals surface area (Å²) in [6.45, 7) is 6.32. The number of aliphatic hydroxyl groups excluding tert-OH is 1. The zero-order valence-electron chi connectivity index (χ0n) is 8.49. The van der Waals surface area contributed by atoms with Crippen LogP contribution in [0.2, 0.25) is 0 Å². The largest absolute Gasteiger partial charge is 0.394 e. The standard InChI is InChI=1S/C10H18N2O/c1-10(2,3)12-6-4-5-9(12)8(11)7-13/h4-6,8,13H,7,11H2,1-3H3/t8-/m0/s1. The highest BCUT2D eigenvalue weighted by molar-refractivity contribution is 5.14. The Morgan fingerprint density at radius 3 is 2.62 bits per heavy atom. The average molecular weight is 182 g/mol. The second kappa shape index (κ2) is 3.52. The molecule has 0 aliphatic heterocycles. The molecule has 0 unspecified atom stereocenters. The van der Waals surface area contributed by atoms with Gasteiger partial charge in [0.05, 0.1) is 12.6 Å². The van der Waals surface area contributed by atoms with Gasteiger partial charge in [0.15, 0.2) is 0 Å². The van der Waals surface area contributed by atoms with Crippen LogP contribution in [0.3, 0.4) is 0 Å². The molecule has 13 heavy (non-hydrogen) atoms. The van der Waals surface area contributed by atoms with Crippen LogP contribution in [-0.2, 0) is 5.54 Å². The van der Waals surface area contributed by atoms with Crippen LogP contribution in [0.5, 0.6) is 0 Å². The van der Waals surface area contributed by atoms with E-state index in [1.165, 1.54) is 0 Å². The predicted molar refractivity (Wildman–Crippen MR) is 53.4 cm³/mol. The fraction of sp³-hybridized carbons (Fsp3) is 0.600. The summed E-state index contributed by atoms with van der Waals surface area (Å²) in [5.74, 6) is 0. The molecule has 3 heteroatoms. The van der Waals surface area contributed by atoms with E-state index in [1.807, 2.05) is 18.3 Å². The van der Waals surface area contributed by atoms with E-state index in [0.717, 1.165) is 5.69 Å². The molecule has 74 valence electrons. The van der Waals surface area contributed by atoms with E-state index in [9.17, 15) is 0 Å². The lowest BCUT2D eigenvalue weighted by molar-refractivity contribution is 0.256. The third-order valence-electron chi connectivity index (χ3n) is 2.08. The highest BCUT2D eigenvalue weighted by Gasteiger charge is 2.18. The van der Waals surface area contributed by atoms with Crippen molar-refractivity contribution in [1.29, 1.82) is 0 Å². The molecule has 0 aliphatic carbocycles. The molecule has 0 aromatic carbocycles. The van der Waals surface area contributed by atoms with Crippen LogP contribution in [0.25, 0.3) is 0 Å². The average Bonchev–Trinajstić information content (AvgIpc) is 2.49. The quantitative estimate of drug-likeness (QED) is 0.723. The zero-order valence-corrected chi connectivity index (χ0v) is 8.49. The zero-order chi connectivity index (χ0) is 10.1. The highest BCUT2D eigenvalue weighted by Crippen LogP contribution is 2.21. The first kappa shape index (κ1) is 10.3. The van der Waals surface area contributed by atoms with Gasteiger partial charge in [-0.05, 0) is 32.9 Å². The molecular formula is C10H18N2O. The van der Waals surface area contributed by atoms with Crippen LogP contribution in [-0.4, -0.2) is 16.3 Å². The minimum atomic E-state index is -0.283. The van der Waals surface area contributed by atoms with E-state index in [-0.39, 0.29) is 18.2 Å². The molecule has 0 aliphatic rings. The summed E-state index contributed by atoms with van der Waals surface area (Å²) < 4.78 is 2.09. The normalized spacial score (nSPS) is 14.5. The van der Waals surface area contributed by atoms with Crippen molar-refractivity contribution < 1.29 is 5.11 Å². The van der Waals surface area contributed by atoms with Gasteiger partial charge in [0.25, 0.3) is 0 Å². The van der Waals surface area contributed by atoms with Crippen molar-refractivity contribution in [3.63, 3.8) is 0 Å². The molecule has 1 heterocycles. The summed E-state index contributed by atoms with van der Waals surface area (Å²) in [5, 5.41) is 8.96. The summed E-state index contributed by atoms with van der Waals surface area (Å²) in [6.07, 6.45) is 1.99. The van der Waals surface area contributed by atoms with Gasteiger partial charge in [0.2, 0.25) is 0 Å². The highest BCUT2D eigenvalue weighted by atomic mass is 16.3. The van der Waals surface area contributed by atoms with E-state index in [0.29, 0.717) is 0 Å². The van der Waals surface area contributed by atoms with Gasteiger partial charge in [0, 0.05) is 17.4 Å². The molecule has 0 saturated carbocycles. The third kappa shape index (κ3) is 2.11. The van der Waals surface area contributed by atoms with Gasteiger partial charge in [-0.1, -0.05) is 0 Å². The Hall–Kier alpha value is -0.800. The smallest absolute Gasteiger partial charge is 0.0684 e. The number of aromatic nitrogens is 1. The molecule has 0 radical (unpaired) electrons. The first-order valence-electron chi connectivity index (χ1n) is 4.51. The third-order valence-corrected chi connectivity index (χ3v) is 2.08. The Morgan fingerprint density at radius 2 is 2.15 bits per heavy atom. The van der Waals surface area contributed by atoms with Crippen LogP contribution in [0.4, 0.5) is 0 Å². The van der Waals surface area contributed by atoms with Crippen molar-refractivity contribution in [2.45, 2.75) is 32.4 Å². The van der Waals surface area contributed by atoms with Crippen molar-refractivity contribution in [3.05, 3.63) is 24.0 Å². The number of rotatable bonds is 2. The van der Waals surface area contributed by atoms with Crippen LogP contribution in [0, 0.1) is 0 Å². The summed E-state index contributed by atoms with van der Waals surface area (Å²) >= 11 is 0. The fourth-order valence-electron chi connectivity index (χ4n) is 1.40. The van der Waals surface area contributed by atoms with Crippen LogP contribution in [0.1, 0.15) is 32.5 Å².